The predicted octanol–water partition coefficient (Wildman–Crippen LogP) is 0.493. The average molecular weight is 299 g/mol. The Hall–Kier alpha value is -1.77. The predicted molar refractivity (Wildman–Crippen MR) is 69.7 cm³/mol. The Labute approximate surface area is 115 Å². The summed E-state index contributed by atoms with van der Waals surface area (Å²) in [5.41, 5.74) is 0.335. The Bertz CT molecular complexity index is 671. The molecule has 0 spiro atoms. The van der Waals surface area contributed by atoms with Gasteiger partial charge in [0.2, 0.25) is 10.0 Å². The number of benzene rings is 1. The summed E-state index contributed by atoms with van der Waals surface area (Å²) < 4.78 is 41.6. The lowest BCUT2D eigenvalue weighted by Crippen LogP contribution is -2.28. The third kappa shape index (κ3) is 3.41. The van der Waals surface area contributed by atoms with Crippen molar-refractivity contribution in [1.29, 1.82) is 0 Å². The zero-order valence-electron chi connectivity index (χ0n) is 10.5. The fraction of sp³-hybridized carbons (Fsp3) is 0.250. The standard InChI is InChI=1S/C12H14FN3O3S/c13-11-2-1-10(8-17)7-12(11)20(18,19)15-4-6-16-5-3-14-9-16/h1-3,5,7,9,15,17H,4,6,8H2. The van der Waals surface area contributed by atoms with Crippen LogP contribution >= 0.6 is 0 Å². The monoisotopic (exact) mass is 299 g/mol. The van der Waals surface area contributed by atoms with Crippen LogP contribution in [0.25, 0.3) is 0 Å². The molecule has 1 aromatic carbocycles. The highest BCUT2D eigenvalue weighted by Crippen LogP contribution is 2.16. The molecule has 0 aliphatic rings. The molecule has 0 aliphatic heterocycles. The van der Waals surface area contributed by atoms with Crippen molar-refractivity contribution in [3.8, 4) is 0 Å². The molecular weight excluding hydrogens is 285 g/mol. The maximum absolute atomic E-state index is 13.6. The SMILES string of the molecule is O=S(=O)(NCCn1ccnc1)c1cc(CO)ccc1F. The molecule has 1 aromatic heterocycles. The Balaban J connectivity index is 2.09. The summed E-state index contributed by atoms with van der Waals surface area (Å²) in [5, 5.41) is 8.97. The second-order valence-corrected chi connectivity index (χ2v) is 5.86. The number of aliphatic hydroxyl groups excluding tert-OH is 1. The summed E-state index contributed by atoms with van der Waals surface area (Å²) in [6.07, 6.45) is 4.83. The first-order valence-electron chi connectivity index (χ1n) is 5.87. The third-order valence-electron chi connectivity index (χ3n) is 2.69. The molecule has 0 amide bonds. The maximum atomic E-state index is 13.6. The first-order chi connectivity index (χ1) is 9.53. The third-order valence-corrected chi connectivity index (χ3v) is 4.17. The van der Waals surface area contributed by atoms with E-state index < -0.39 is 20.7 Å². The van der Waals surface area contributed by atoms with Gasteiger partial charge in [0, 0.05) is 25.5 Å². The van der Waals surface area contributed by atoms with Gasteiger partial charge in [-0.2, -0.15) is 0 Å². The molecule has 0 aliphatic carbocycles. The summed E-state index contributed by atoms with van der Waals surface area (Å²) in [6, 6.07) is 3.48. The summed E-state index contributed by atoms with van der Waals surface area (Å²) >= 11 is 0. The van der Waals surface area contributed by atoms with E-state index in [-0.39, 0.29) is 13.2 Å². The molecule has 2 rings (SSSR count). The van der Waals surface area contributed by atoms with Crippen LogP contribution in [-0.4, -0.2) is 29.6 Å². The highest BCUT2D eigenvalue weighted by Gasteiger charge is 2.19. The van der Waals surface area contributed by atoms with Gasteiger partial charge in [0.25, 0.3) is 0 Å². The van der Waals surface area contributed by atoms with Crippen LogP contribution in [0, 0.1) is 5.82 Å². The molecule has 0 saturated heterocycles. The number of nitrogens with one attached hydrogen (secondary N) is 1. The van der Waals surface area contributed by atoms with E-state index in [9.17, 15) is 12.8 Å². The van der Waals surface area contributed by atoms with Crippen LogP contribution in [-0.2, 0) is 23.2 Å². The molecule has 20 heavy (non-hydrogen) atoms. The van der Waals surface area contributed by atoms with Gasteiger partial charge in [-0.25, -0.2) is 22.5 Å². The second-order valence-electron chi connectivity index (χ2n) is 4.12. The number of aromatic nitrogens is 2. The molecule has 108 valence electrons. The number of nitrogens with zero attached hydrogens (tertiary/aromatic N) is 2. The van der Waals surface area contributed by atoms with E-state index in [0.29, 0.717) is 12.1 Å². The molecule has 0 atom stereocenters. The minimum absolute atomic E-state index is 0.113. The van der Waals surface area contributed by atoms with E-state index in [1.165, 1.54) is 6.07 Å². The van der Waals surface area contributed by atoms with Crippen molar-refractivity contribution in [2.24, 2.45) is 0 Å². The number of aliphatic hydroxyl groups is 1. The zero-order valence-corrected chi connectivity index (χ0v) is 11.3. The van der Waals surface area contributed by atoms with E-state index in [0.717, 1.165) is 12.1 Å². The summed E-state index contributed by atoms with van der Waals surface area (Å²) in [6.45, 7) is 0.153. The average Bonchev–Trinajstić information content (AvgIpc) is 2.92. The Kier molecular flexibility index (Phi) is 4.48. The van der Waals surface area contributed by atoms with Crippen LogP contribution in [0.4, 0.5) is 4.39 Å². The fourth-order valence-corrected chi connectivity index (χ4v) is 2.80. The summed E-state index contributed by atoms with van der Waals surface area (Å²) in [7, 11) is -3.95. The number of rotatable bonds is 6. The molecule has 0 bridgehead atoms. The topological polar surface area (TPSA) is 84.2 Å². The van der Waals surface area contributed by atoms with Gasteiger partial charge >= 0.3 is 0 Å². The first-order valence-corrected chi connectivity index (χ1v) is 7.36. The van der Waals surface area contributed by atoms with Crippen molar-refractivity contribution >= 4 is 10.0 Å². The highest BCUT2D eigenvalue weighted by atomic mass is 32.2. The number of hydrogen-bond donors (Lipinski definition) is 2. The van der Waals surface area contributed by atoms with E-state index in [1.807, 2.05) is 0 Å². The van der Waals surface area contributed by atoms with Crippen molar-refractivity contribution in [2.75, 3.05) is 6.54 Å². The quantitative estimate of drug-likeness (QED) is 0.813. The van der Waals surface area contributed by atoms with Gasteiger partial charge in [-0.3, -0.25) is 0 Å². The molecule has 0 radical (unpaired) electrons. The van der Waals surface area contributed by atoms with Crippen LogP contribution in [0.2, 0.25) is 0 Å². The Morgan fingerprint density at radius 2 is 2.20 bits per heavy atom. The van der Waals surface area contributed by atoms with E-state index in [1.54, 1.807) is 23.3 Å². The Morgan fingerprint density at radius 3 is 2.85 bits per heavy atom. The number of halogens is 1. The van der Waals surface area contributed by atoms with Crippen molar-refractivity contribution in [2.45, 2.75) is 18.0 Å². The largest absolute Gasteiger partial charge is 0.392 e. The molecule has 2 aromatic rings. The van der Waals surface area contributed by atoms with Gasteiger partial charge < -0.3 is 9.67 Å². The van der Waals surface area contributed by atoms with Crippen molar-refractivity contribution < 1.29 is 17.9 Å². The Morgan fingerprint density at radius 1 is 1.40 bits per heavy atom. The molecule has 2 N–H and O–H groups in total. The van der Waals surface area contributed by atoms with Gasteiger partial charge in [-0.15, -0.1) is 0 Å². The van der Waals surface area contributed by atoms with Gasteiger partial charge in [-0.1, -0.05) is 6.07 Å². The van der Waals surface area contributed by atoms with Gasteiger partial charge in [-0.05, 0) is 17.7 Å². The minimum Gasteiger partial charge on any atom is -0.392 e. The first kappa shape index (κ1) is 14.6. The van der Waals surface area contributed by atoms with E-state index in [2.05, 4.69) is 9.71 Å². The highest BCUT2D eigenvalue weighted by molar-refractivity contribution is 7.89. The fourth-order valence-electron chi connectivity index (χ4n) is 1.66. The molecular formula is C12H14FN3O3S. The van der Waals surface area contributed by atoms with Crippen LogP contribution in [0.15, 0.2) is 41.8 Å². The van der Waals surface area contributed by atoms with Crippen molar-refractivity contribution in [3.63, 3.8) is 0 Å². The van der Waals surface area contributed by atoms with Crippen LogP contribution in [0.1, 0.15) is 5.56 Å². The lowest BCUT2D eigenvalue weighted by atomic mass is 10.2. The molecule has 6 nitrogen and oxygen atoms in total. The normalized spacial score (nSPS) is 11.7. The van der Waals surface area contributed by atoms with Gasteiger partial charge in [0.15, 0.2) is 0 Å². The smallest absolute Gasteiger partial charge is 0.243 e. The lowest BCUT2D eigenvalue weighted by molar-refractivity contribution is 0.281. The molecule has 0 saturated carbocycles. The van der Waals surface area contributed by atoms with E-state index in [4.69, 9.17) is 5.11 Å². The van der Waals surface area contributed by atoms with Crippen molar-refractivity contribution in [1.82, 2.24) is 14.3 Å². The molecule has 0 unspecified atom stereocenters. The number of sulfonamides is 1. The number of hydrogen-bond acceptors (Lipinski definition) is 4. The molecule has 1 heterocycles. The maximum Gasteiger partial charge on any atom is 0.243 e. The lowest BCUT2D eigenvalue weighted by Gasteiger charge is -2.09. The number of imidazole rings is 1. The van der Waals surface area contributed by atoms with Crippen LogP contribution in [0.5, 0.6) is 0 Å². The molecule has 0 fully saturated rings. The van der Waals surface area contributed by atoms with Crippen molar-refractivity contribution in [3.05, 3.63) is 48.3 Å². The summed E-state index contributed by atoms with van der Waals surface area (Å²) in [4.78, 5) is 3.37. The second kappa shape index (κ2) is 6.12. The zero-order chi connectivity index (χ0) is 14.6. The summed E-state index contributed by atoms with van der Waals surface area (Å²) in [5.74, 6) is -0.850. The van der Waals surface area contributed by atoms with Crippen LogP contribution in [0.3, 0.4) is 0 Å². The molecule has 8 heteroatoms. The minimum atomic E-state index is -3.95. The van der Waals surface area contributed by atoms with Crippen LogP contribution < -0.4 is 4.72 Å². The van der Waals surface area contributed by atoms with E-state index >= 15 is 0 Å². The van der Waals surface area contributed by atoms with Gasteiger partial charge in [0.05, 0.1) is 12.9 Å². The van der Waals surface area contributed by atoms with Gasteiger partial charge in [0.1, 0.15) is 10.7 Å².